The number of pyridine rings is 1. The van der Waals surface area contributed by atoms with Crippen LogP contribution in [-0.4, -0.2) is 100 Å². The van der Waals surface area contributed by atoms with Gasteiger partial charge >= 0.3 is 0 Å². The van der Waals surface area contributed by atoms with Crippen LogP contribution in [0.3, 0.4) is 0 Å². The third-order valence-corrected chi connectivity index (χ3v) is 11.3. The Labute approximate surface area is 318 Å². The number of rotatable bonds is 7. The van der Waals surface area contributed by atoms with E-state index in [9.17, 15) is 19.2 Å². The highest BCUT2D eigenvalue weighted by Crippen LogP contribution is 2.36. The van der Waals surface area contributed by atoms with E-state index in [-0.39, 0.29) is 24.1 Å². The number of carbonyl (C=O) groups is 4. The number of nitrogens with zero attached hydrogens (tertiary/aromatic N) is 7. The van der Waals surface area contributed by atoms with Gasteiger partial charge in [0.05, 0.1) is 30.5 Å². The highest BCUT2D eigenvalue weighted by Gasteiger charge is 2.39. The van der Waals surface area contributed by atoms with E-state index in [0.29, 0.717) is 76.1 Å². The summed E-state index contributed by atoms with van der Waals surface area (Å²) in [5.74, 6) is 0.367. The molecule has 15 nitrogen and oxygen atoms in total. The van der Waals surface area contributed by atoms with E-state index < -0.39 is 11.9 Å². The van der Waals surface area contributed by atoms with E-state index in [1.165, 1.54) is 0 Å². The Bertz CT molecular complexity index is 2200. The van der Waals surface area contributed by atoms with Gasteiger partial charge in [-0.15, -0.1) is 0 Å². The minimum absolute atomic E-state index is 0.0787. The van der Waals surface area contributed by atoms with Crippen molar-refractivity contribution in [1.29, 1.82) is 0 Å². The summed E-state index contributed by atoms with van der Waals surface area (Å²) < 4.78 is 5.72. The Morgan fingerprint density at radius 2 is 1.76 bits per heavy atom. The Balaban J connectivity index is 0.775. The molecule has 282 valence electrons. The normalized spacial score (nSPS) is 19.2. The molecule has 3 N–H and O–H groups in total. The van der Waals surface area contributed by atoms with Gasteiger partial charge in [0.15, 0.2) is 0 Å². The van der Waals surface area contributed by atoms with Gasteiger partial charge in [-0.3, -0.25) is 24.5 Å². The maximum atomic E-state index is 13.3. The summed E-state index contributed by atoms with van der Waals surface area (Å²) in [4.78, 5) is 72.5. The molecule has 7 heterocycles. The van der Waals surface area contributed by atoms with E-state index in [4.69, 9.17) is 9.72 Å². The molecule has 5 aliphatic heterocycles. The van der Waals surface area contributed by atoms with E-state index >= 15 is 0 Å². The van der Waals surface area contributed by atoms with Gasteiger partial charge in [0, 0.05) is 80.9 Å². The average Bonchev–Trinajstić information content (AvgIpc) is 3.53. The van der Waals surface area contributed by atoms with Crippen molar-refractivity contribution >= 4 is 52.3 Å². The van der Waals surface area contributed by atoms with Crippen LogP contribution in [0.15, 0.2) is 54.9 Å². The van der Waals surface area contributed by atoms with Crippen LogP contribution in [0.1, 0.15) is 51.1 Å². The molecule has 15 heteroatoms. The molecule has 0 bridgehead atoms. The summed E-state index contributed by atoms with van der Waals surface area (Å²) in [6, 6.07) is 13.0. The molecule has 4 amide bonds. The zero-order valence-corrected chi connectivity index (χ0v) is 30.6. The van der Waals surface area contributed by atoms with Gasteiger partial charge in [-0.25, -0.2) is 15.0 Å². The quantitative estimate of drug-likeness (QED) is 0.238. The van der Waals surface area contributed by atoms with E-state index in [1.807, 2.05) is 59.8 Å². The predicted molar refractivity (Wildman–Crippen MR) is 204 cm³/mol. The zero-order chi connectivity index (χ0) is 37.6. The van der Waals surface area contributed by atoms with Crippen LogP contribution in [0.25, 0.3) is 0 Å². The number of hydrogen-bond acceptors (Lipinski definition) is 12. The second kappa shape index (κ2) is 14.2. The summed E-state index contributed by atoms with van der Waals surface area (Å²) in [6.45, 7) is 7.86. The van der Waals surface area contributed by atoms with Crippen LogP contribution in [0, 0.1) is 6.92 Å². The molecule has 9 rings (SSSR count). The minimum Gasteiger partial charge on any atom is -0.474 e. The number of fused-ring (bicyclic) bond motifs is 3. The van der Waals surface area contributed by atoms with Crippen LogP contribution in [0.4, 0.5) is 28.7 Å². The van der Waals surface area contributed by atoms with E-state index in [1.54, 1.807) is 4.90 Å². The van der Waals surface area contributed by atoms with Gasteiger partial charge in [-0.2, -0.15) is 0 Å². The third kappa shape index (κ3) is 6.74. The maximum absolute atomic E-state index is 13.3. The smallest absolute Gasteiger partial charge is 0.255 e. The fraction of sp³-hybridized carbons (Fsp3) is 0.375. The number of imide groups is 1. The number of anilines is 5. The first-order valence-electron chi connectivity index (χ1n) is 18.9. The number of nitrogens with one attached hydrogen (secondary N) is 3. The van der Waals surface area contributed by atoms with Crippen molar-refractivity contribution in [1.82, 2.24) is 30.1 Å². The molecule has 0 radical (unpaired) electrons. The van der Waals surface area contributed by atoms with Gasteiger partial charge < -0.3 is 35.0 Å². The first-order chi connectivity index (χ1) is 26.8. The highest BCUT2D eigenvalue weighted by atomic mass is 16.5. The molecule has 4 aromatic rings. The fourth-order valence-electron chi connectivity index (χ4n) is 8.19. The van der Waals surface area contributed by atoms with Crippen molar-refractivity contribution in [2.45, 2.75) is 51.7 Å². The largest absolute Gasteiger partial charge is 0.474 e. The molecular weight excluding hydrogens is 701 g/mol. The lowest BCUT2D eigenvalue weighted by atomic mass is 10.0. The van der Waals surface area contributed by atoms with Crippen molar-refractivity contribution in [2.75, 3.05) is 66.3 Å². The molecule has 2 aromatic carbocycles. The molecule has 1 unspecified atom stereocenters. The Kier molecular flexibility index (Phi) is 8.91. The molecule has 0 saturated carbocycles. The van der Waals surface area contributed by atoms with Crippen LogP contribution in [-0.2, 0) is 40.3 Å². The topological polar surface area (TPSA) is 165 Å². The number of amides is 4. The summed E-state index contributed by atoms with van der Waals surface area (Å²) in [6.07, 6.45) is 5.51. The Hall–Kier alpha value is -6.25. The monoisotopic (exact) mass is 742 g/mol. The van der Waals surface area contributed by atoms with Gasteiger partial charge in [-0.05, 0) is 66.8 Å². The number of benzene rings is 2. The van der Waals surface area contributed by atoms with Crippen molar-refractivity contribution in [3.05, 3.63) is 88.4 Å². The van der Waals surface area contributed by atoms with Crippen LogP contribution in [0.5, 0.6) is 5.88 Å². The minimum atomic E-state index is -0.637. The second-order valence-corrected chi connectivity index (χ2v) is 14.7. The van der Waals surface area contributed by atoms with Crippen molar-refractivity contribution in [2.24, 2.45) is 0 Å². The van der Waals surface area contributed by atoms with Crippen LogP contribution >= 0.6 is 0 Å². The molecule has 2 fully saturated rings. The van der Waals surface area contributed by atoms with E-state index in [2.05, 4.69) is 42.6 Å². The van der Waals surface area contributed by atoms with Crippen molar-refractivity contribution in [3.63, 3.8) is 0 Å². The second-order valence-electron chi connectivity index (χ2n) is 14.7. The summed E-state index contributed by atoms with van der Waals surface area (Å²) in [5.41, 5.74) is 9.50. The lowest BCUT2D eigenvalue weighted by molar-refractivity contribution is -0.137. The summed E-state index contributed by atoms with van der Waals surface area (Å²) in [7, 11) is 0. The third-order valence-electron chi connectivity index (χ3n) is 11.3. The zero-order valence-electron chi connectivity index (χ0n) is 30.6. The average molecular weight is 743 g/mol. The first kappa shape index (κ1) is 34.5. The number of hydrogen-bond donors (Lipinski definition) is 3. The number of piperidine rings is 1. The molecule has 5 aliphatic rings. The number of carbonyl (C=O) groups excluding carboxylic acids is 4. The summed E-state index contributed by atoms with van der Waals surface area (Å²) in [5, 5.41) is 9.11. The molecular formula is C40H42N10O5. The van der Waals surface area contributed by atoms with Gasteiger partial charge in [0.25, 0.3) is 5.91 Å². The molecule has 2 saturated heterocycles. The van der Waals surface area contributed by atoms with Crippen molar-refractivity contribution < 1.29 is 23.9 Å². The number of ether oxygens (including phenoxy) is 1. The predicted octanol–water partition coefficient (Wildman–Crippen LogP) is 2.94. The highest BCUT2D eigenvalue weighted by molar-refractivity contribution is 6.05. The standard InChI is InChI=1S/C40H42N10O5/c1-24-33(21-42-38-36(24)41-11-17-55-38)49-12-10-26-20-43-40(45-31(26)23-49)44-28-4-2-25(3-5-28)18-35(52)48-15-13-47(14-16-48)29-6-7-30-27(19-29)22-50(39(30)54)32-8-9-34(51)46-37(32)53/h2-7,19-21,32,41H,8-18,22-23H2,1H3,(H,43,44,45)(H,46,51,53). The number of piperazine rings is 1. The molecule has 2 aromatic heterocycles. The fourth-order valence-corrected chi connectivity index (χ4v) is 8.19. The van der Waals surface area contributed by atoms with Crippen LogP contribution in [0.2, 0.25) is 0 Å². The SMILES string of the molecule is Cc1c(N2CCc3cnc(Nc4ccc(CC(=O)N5CCN(c6ccc7c(c6)CN(C6CCC(=O)NC6=O)C7=O)CC5)cc4)nc3C2)cnc2c1NCCO2. The molecule has 0 aliphatic carbocycles. The van der Waals surface area contributed by atoms with Gasteiger partial charge in [0.1, 0.15) is 18.3 Å². The van der Waals surface area contributed by atoms with Gasteiger partial charge in [0.2, 0.25) is 29.5 Å². The molecule has 1 atom stereocenters. The Morgan fingerprint density at radius 3 is 2.58 bits per heavy atom. The van der Waals surface area contributed by atoms with Gasteiger partial charge in [-0.1, -0.05) is 12.1 Å². The number of aromatic nitrogens is 3. The molecule has 0 spiro atoms. The summed E-state index contributed by atoms with van der Waals surface area (Å²) >= 11 is 0. The van der Waals surface area contributed by atoms with E-state index in [0.717, 1.165) is 70.2 Å². The Morgan fingerprint density at radius 1 is 0.927 bits per heavy atom. The van der Waals surface area contributed by atoms with Crippen LogP contribution < -0.4 is 30.5 Å². The lowest BCUT2D eigenvalue weighted by Crippen LogP contribution is -2.52. The molecule has 55 heavy (non-hydrogen) atoms. The van der Waals surface area contributed by atoms with Crippen molar-refractivity contribution in [3.8, 4) is 5.88 Å². The maximum Gasteiger partial charge on any atom is 0.255 e. The first-order valence-corrected chi connectivity index (χ1v) is 18.9. The lowest BCUT2D eigenvalue weighted by Gasteiger charge is -2.36.